The molecule has 1 aromatic heterocycles. The molecule has 1 fully saturated rings. The van der Waals surface area contributed by atoms with E-state index >= 15 is 0 Å². The quantitative estimate of drug-likeness (QED) is 0.838. The zero-order valence-corrected chi connectivity index (χ0v) is 10.6. The van der Waals surface area contributed by atoms with Gasteiger partial charge in [0.2, 0.25) is 5.91 Å². The fraction of sp³-hybridized carbons (Fsp3) is 0.400. The minimum Gasteiger partial charge on any atom is -0.306 e. The SMILES string of the molecule is CN(C(=O)C1(C#N)CC1)c1cc(Br)cs1. The molecule has 1 heterocycles. The Balaban J connectivity index is 2.19. The zero-order chi connectivity index (χ0) is 11.1. The standard InChI is InChI=1S/C10H9BrN2OS/c1-13(8-4-7(11)5-15-8)9(14)10(6-12)2-3-10/h4-5H,2-3H2,1H3. The van der Waals surface area contributed by atoms with Crippen LogP contribution in [0.1, 0.15) is 12.8 Å². The van der Waals surface area contributed by atoms with Gasteiger partial charge in [-0.2, -0.15) is 5.26 Å². The highest BCUT2D eigenvalue weighted by Crippen LogP contribution is 2.47. The van der Waals surface area contributed by atoms with E-state index in [4.69, 9.17) is 5.26 Å². The van der Waals surface area contributed by atoms with Gasteiger partial charge in [0.15, 0.2) is 0 Å². The van der Waals surface area contributed by atoms with Gasteiger partial charge in [-0.15, -0.1) is 11.3 Å². The summed E-state index contributed by atoms with van der Waals surface area (Å²) in [6.07, 6.45) is 1.39. The molecule has 0 aromatic carbocycles. The summed E-state index contributed by atoms with van der Waals surface area (Å²) in [6, 6.07) is 4.00. The highest BCUT2D eigenvalue weighted by Gasteiger charge is 2.52. The minimum atomic E-state index is -0.731. The number of rotatable bonds is 2. The highest BCUT2D eigenvalue weighted by atomic mass is 79.9. The second kappa shape index (κ2) is 3.62. The Morgan fingerprint density at radius 2 is 2.40 bits per heavy atom. The third-order valence-electron chi connectivity index (χ3n) is 2.56. The summed E-state index contributed by atoms with van der Waals surface area (Å²) in [4.78, 5) is 13.5. The summed E-state index contributed by atoms with van der Waals surface area (Å²) in [6.45, 7) is 0. The van der Waals surface area contributed by atoms with Crippen LogP contribution in [0.15, 0.2) is 15.9 Å². The molecule has 0 spiro atoms. The summed E-state index contributed by atoms with van der Waals surface area (Å²) in [5.74, 6) is -0.0839. The van der Waals surface area contributed by atoms with Gasteiger partial charge in [0.1, 0.15) is 5.41 Å². The van der Waals surface area contributed by atoms with Crippen LogP contribution in [0.2, 0.25) is 0 Å². The van der Waals surface area contributed by atoms with Crippen molar-refractivity contribution in [3.63, 3.8) is 0 Å². The molecule has 1 aliphatic rings. The maximum absolute atomic E-state index is 12.0. The van der Waals surface area contributed by atoms with Gasteiger partial charge in [-0.25, -0.2) is 0 Å². The molecule has 0 radical (unpaired) electrons. The van der Waals surface area contributed by atoms with Crippen LogP contribution in [-0.4, -0.2) is 13.0 Å². The van der Waals surface area contributed by atoms with E-state index in [1.54, 1.807) is 11.9 Å². The van der Waals surface area contributed by atoms with E-state index in [2.05, 4.69) is 22.0 Å². The molecule has 0 aliphatic heterocycles. The van der Waals surface area contributed by atoms with Crippen molar-refractivity contribution < 1.29 is 4.79 Å². The van der Waals surface area contributed by atoms with Crippen molar-refractivity contribution in [2.45, 2.75) is 12.8 Å². The van der Waals surface area contributed by atoms with E-state index in [-0.39, 0.29) is 5.91 Å². The number of carbonyl (C=O) groups is 1. The first kappa shape index (κ1) is 10.7. The first-order valence-electron chi connectivity index (χ1n) is 4.52. The normalized spacial score (nSPS) is 16.9. The molecule has 15 heavy (non-hydrogen) atoms. The lowest BCUT2D eigenvalue weighted by molar-refractivity contribution is -0.121. The summed E-state index contributed by atoms with van der Waals surface area (Å²) in [7, 11) is 1.72. The lowest BCUT2D eigenvalue weighted by Crippen LogP contribution is -2.32. The van der Waals surface area contributed by atoms with Crippen molar-refractivity contribution in [3.05, 3.63) is 15.9 Å². The maximum Gasteiger partial charge on any atom is 0.247 e. The second-order valence-electron chi connectivity index (χ2n) is 3.66. The number of amides is 1. The van der Waals surface area contributed by atoms with Crippen molar-refractivity contribution >= 4 is 38.2 Å². The van der Waals surface area contributed by atoms with E-state index in [9.17, 15) is 4.79 Å². The molecule has 1 saturated carbocycles. The van der Waals surface area contributed by atoms with E-state index in [1.807, 2.05) is 11.4 Å². The molecule has 3 nitrogen and oxygen atoms in total. The maximum atomic E-state index is 12.0. The van der Waals surface area contributed by atoms with Crippen molar-refractivity contribution in [1.82, 2.24) is 0 Å². The fourth-order valence-electron chi connectivity index (χ4n) is 1.40. The van der Waals surface area contributed by atoms with E-state index in [0.717, 1.165) is 9.47 Å². The molecule has 1 aromatic rings. The van der Waals surface area contributed by atoms with Gasteiger partial charge in [0.05, 0.1) is 11.1 Å². The van der Waals surface area contributed by atoms with Gasteiger partial charge in [-0.05, 0) is 34.8 Å². The van der Waals surface area contributed by atoms with Gasteiger partial charge in [0, 0.05) is 16.9 Å². The van der Waals surface area contributed by atoms with Crippen molar-refractivity contribution in [2.24, 2.45) is 5.41 Å². The number of nitriles is 1. The van der Waals surface area contributed by atoms with E-state index in [0.29, 0.717) is 12.8 Å². The van der Waals surface area contributed by atoms with Crippen LogP contribution in [-0.2, 0) is 4.79 Å². The minimum absolute atomic E-state index is 0.0839. The van der Waals surface area contributed by atoms with Crippen molar-refractivity contribution in [2.75, 3.05) is 11.9 Å². The molecule has 0 saturated heterocycles. The van der Waals surface area contributed by atoms with Gasteiger partial charge in [0.25, 0.3) is 0 Å². The zero-order valence-electron chi connectivity index (χ0n) is 8.16. The Kier molecular flexibility index (Phi) is 2.57. The Labute approximate surface area is 100 Å². The average Bonchev–Trinajstić information content (AvgIpc) is 2.93. The summed E-state index contributed by atoms with van der Waals surface area (Å²) >= 11 is 4.83. The van der Waals surface area contributed by atoms with E-state index in [1.165, 1.54) is 11.3 Å². The lowest BCUT2D eigenvalue weighted by Gasteiger charge is -2.17. The van der Waals surface area contributed by atoms with Crippen LogP contribution in [0.5, 0.6) is 0 Å². The number of hydrogen-bond donors (Lipinski definition) is 0. The number of halogens is 1. The van der Waals surface area contributed by atoms with Crippen LogP contribution in [0, 0.1) is 16.7 Å². The molecule has 5 heteroatoms. The van der Waals surface area contributed by atoms with Gasteiger partial charge >= 0.3 is 0 Å². The predicted octanol–water partition coefficient (Wildman–Crippen LogP) is 2.78. The molecular weight excluding hydrogens is 276 g/mol. The Morgan fingerprint density at radius 3 is 2.80 bits per heavy atom. The number of nitrogens with zero attached hydrogens (tertiary/aromatic N) is 2. The number of carbonyl (C=O) groups excluding carboxylic acids is 1. The molecule has 1 aliphatic carbocycles. The van der Waals surface area contributed by atoms with Crippen LogP contribution in [0.25, 0.3) is 0 Å². The molecule has 1 amide bonds. The van der Waals surface area contributed by atoms with E-state index < -0.39 is 5.41 Å². The van der Waals surface area contributed by atoms with Crippen LogP contribution in [0.4, 0.5) is 5.00 Å². The largest absolute Gasteiger partial charge is 0.306 e. The Hall–Kier alpha value is -0.860. The molecule has 0 unspecified atom stereocenters. The van der Waals surface area contributed by atoms with Crippen molar-refractivity contribution in [3.8, 4) is 6.07 Å². The molecular formula is C10H9BrN2OS. The fourth-order valence-corrected chi connectivity index (χ4v) is 2.78. The molecule has 2 rings (SSSR count). The summed E-state index contributed by atoms with van der Waals surface area (Å²) < 4.78 is 0.962. The molecule has 0 bridgehead atoms. The average molecular weight is 285 g/mol. The monoisotopic (exact) mass is 284 g/mol. The third-order valence-corrected chi connectivity index (χ3v) is 4.33. The van der Waals surface area contributed by atoms with Gasteiger partial charge < -0.3 is 4.90 Å². The number of anilines is 1. The Bertz CT molecular complexity index is 445. The van der Waals surface area contributed by atoms with Gasteiger partial charge in [-0.1, -0.05) is 0 Å². The Morgan fingerprint density at radius 1 is 1.73 bits per heavy atom. The molecule has 0 atom stereocenters. The molecule has 78 valence electrons. The van der Waals surface area contributed by atoms with Crippen LogP contribution < -0.4 is 4.90 Å². The van der Waals surface area contributed by atoms with Crippen molar-refractivity contribution in [1.29, 1.82) is 5.26 Å². The van der Waals surface area contributed by atoms with Crippen LogP contribution in [0.3, 0.4) is 0 Å². The highest BCUT2D eigenvalue weighted by molar-refractivity contribution is 9.10. The smallest absolute Gasteiger partial charge is 0.247 e. The topological polar surface area (TPSA) is 44.1 Å². The lowest BCUT2D eigenvalue weighted by atomic mass is 10.1. The third kappa shape index (κ3) is 1.80. The number of thiophene rings is 1. The van der Waals surface area contributed by atoms with Gasteiger partial charge in [-0.3, -0.25) is 4.79 Å². The summed E-state index contributed by atoms with van der Waals surface area (Å²) in [5, 5.41) is 11.7. The molecule has 0 N–H and O–H groups in total. The van der Waals surface area contributed by atoms with Crippen LogP contribution >= 0.6 is 27.3 Å². The first-order chi connectivity index (χ1) is 7.09. The predicted molar refractivity (Wildman–Crippen MR) is 62.7 cm³/mol. The second-order valence-corrected chi connectivity index (χ2v) is 5.47. The number of hydrogen-bond acceptors (Lipinski definition) is 3. The summed E-state index contributed by atoms with van der Waals surface area (Å²) in [5.41, 5.74) is -0.731. The first-order valence-corrected chi connectivity index (χ1v) is 6.20.